The molecule has 182 valence electrons. The van der Waals surface area contributed by atoms with E-state index in [-0.39, 0.29) is 29.7 Å². The van der Waals surface area contributed by atoms with Crippen molar-refractivity contribution in [1.82, 2.24) is 9.80 Å². The fourth-order valence-electron chi connectivity index (χ4n) is 6.08. The Morgan fingerprint density at radius 3 is 2.63 bits per heavy atom. The molecule has 0 aromatic heterocycles. The third kappa shape index (κ3) is 4.01. The Morgan fingerprint density at radius 2 is 1.80 bits per heavy atom. The van der Waals surface area contributed by atoms with Crippen LogP contribution in [0.3, 0.4) is 0 Å². The highest BCUT2D eigenvalue weighted by atomic mass is 16.5. The minimum Gasteiger partial charge on any atom is -0.376 e. The number of hydrogen-bond donors (Lipinski definition) is 0. The van der Waals surface area contributed by atoms with Gasteiger partial charge in [0.1, 0.15) is 0 Å². The van der Waals surface area contributed by atoms with Gasteiger partial charge in [-0.1, -0.05) is 30.3 Å². The van der Waals surface area contributed by atoms with Gasteiger partial charge in [0.25, 0.3) is 11.8 Å². The fourth-order valence-corrected chi connectivity index (χ4v) is 6.08. The van der Waals surface area contributed by atoms with E-state index in [0.717, 1.165) is 50.9 Å². The summed E-state index contributed by atoms with van der Waals surface area (Å²) in [5, 5.41) is 0. The normalized spacial score (nSPS) is 24.1. The number of imide groups is 1. The van der Waals surface area contributed by atoms with Crippen molar-refractivity contribution in [3.63, 3.8) is 0 Å². The van der Waals surface area contributed by atoms with E-state index in [4.69, 9.17) is 4.74 Å². The predicted octanol–water partition coefficient (Wildman–Crippen LogP) is 3.26. The Balaban J connectivity index is 1.20. The topological polar surface area (TPSA) is 70.2 Å². The largest absolute Gasteiger partial charge is 0.376 e. The minimum absolute atomic E-state index is 0.0766. The molecule has 2 fully saturated rings. The van der Waals surface area contributed by atoms with Gasteiger partial charge in [0.15, 0.2) is 0 Å². The van der Waals surface area contributed by atoms with Gasteiger partial charge < -0.3 is 14.5 Å². The number of ether oxygens (including phenoxy) is 1. The number of benzene rings is 2. The highest BCUT2D eigenvalue weighted by Gasteiger charge is 2.41. The van der Waals surface area contributed by atoms with Crippen LogP contribution in [0.4, 0.5) is 5.69 Å². The Bertz CT molecular complexity index is 1170. The van der Waals surface area contributed by atoms with Gasteiger partial charge in [-0.2, -0.15) is 0 Å². The molecule has 0 N–H and O–H groups in total. The Kier molecular flexibility index (Phi) is 5.80. The molecule has 4 aliphatic heterocycles. The molecule has 0 radical (unpaired) electrons. The molecule has 35 heavy (non-hydrogen) atoms. The summed E-state index contributed by atoms with van der Waals surface area (Å²) < 4.78 is 5.68. The van der Waals surface area contributed by atoms with Crippen molar-refractivity contribution < 1.29 is 19.1 Å². The van der Waals surface area contributed by atoms with E-state index in [0.29, 0.717) is 37.4 Å². The van der Waals surface area contributed by atoms with E-state index in [1.807, 2.05) is 23.1 Å². The first-order valence-electron chi connectivity index (χ1n) is 12.8. The Labute approximate surface area is 205 Å². The first-order chi connectivity index (χ1) is 17.1. The summed E-state index contributed by atoms with van der Waals surface area (Å²) in [5.41, 5.74) is 4.28. The molecule has 2 aromatic rings. The van der Waals surface area contributed by atoms with E-state index in [1.165, 1.54) is 16.0 Å². The van der Waals surface area contributed by atoms with Gasteiger partial charge in [0.05, 0.1) is 35.4 Å². The third-order valence-electron chi connectivity index (χ3n) is 7.94. The van der Waals surface area contributed by atoms with E-state index in [1.54, 1.807) is 6.07 Å². The molecule has 0 saturated carbocycles. The molecular weight excluding hydrogens is 442 g/mol. The Morgan fingerprint density at radius 1 is 0.943 bits per heavy atom. The maximum Gasteiger partial charge on any atom is 0.263 e. The predicted molar refractivity (Wildman–Crippen MR) is 131 cm³/mol. The molecule has 6 rings (SSSR count). The summed E-state index contributed by atoms with van der Waals surface area (Å²) in [7, 11) is 0. The van der Waals surface area contributed by atoms with Gasteiger partial charge in [-0.05, 0) is 55.4 Å². The maximum atomic E-state index is 13.5. The number of rotatable bonds is 4. The van der Waals surface area contributed by atoms with Crippen LogP contribution in [0, 0.1) is 5.92 Å². The molecule has 7 heteroatoms. The number of fused-ring (bicyclic) bond motifs is 2. The van der Waals surface area contributed by atoms with Crippen LogP contribution in [0.15, 0.2) is 42.5 Å². The maximum absolute atomic E-state index is 13.5. The smallest absolute Gasteiger partial charge is 0.263 e. The highest BCUT2D eigenvalue weighted by molar-refractivity contribution is 6.23. The summed E-state index contributed by atoms with van der Waals surface area (Å²) in [4.78, 5) is 45.4. The van der Waals surface area contributed by atoms with E-state index < -0.39 is 0 Å². The second kappa shape index (κ2) is 9.11. The lowest BCUT2D eigenvalue weighted by molar-refractivity contribution is -0.136. The van der Waals surface area contributed by atoms with Crippen molar-refractivity contribution in [2.45, 2.75) is 44.8 Å². The molecule has 2 atom stereocenters. The first-order valence-corrected chi connectivity index (χ1v) is 12.8. The van der Waals surface area contributed by atoms with Crippen LogP contribution in [0.25, 0.3) is 0 Å². The van der Waals surface area contributed by atoms with Crippen LogP contribution in [0.1, 0.15) is 57.5 Å². The SMILES string of the molecule is O=C([C@H]1CCCN(c2cccc3c2C(=O)N(C[C@@H]2CCCO2)C3=O)C1)N1CCc2ccccc2C1. The molecule has 4 heterocycles. The van der Waals surface area contributed by atoms with Gasteiger partial charge >= 0.3 is 0 Å². The summed E-state index contributed by atoms with van der Waals surface area (Å²) >= 11 is 0. The van der Waals surface area contributed by atoms with Gasteiger partial charge in [-0.3, -0.25) is 19.3 Å². The molecule has 0 aliphatic carbocycles. The van der Waals surface area contributed by atoms with Crippen LogP contribution in [0.5, 0.6) is 0 Å². The van der Waals surface area contributed by atoms with Gasteiger partial charge in [0, 0.05) is 32.8 Å². The monoisotopic (exact) mass is 473 g/mol. The molecule has 0 unspecified atom stereocenters. The molecule has 7 nitrogen and oxygen atoms in total. The average Bonchev–Trinajstić information content (AvgIpc) is 3.51. The summed E-state index contributed by atoms with van der Waals surface area (Å²) in [5.74, 6) is -0.393. The lowest BCUT2D eigenvalue weighted by atomic mass is 9.93. The number of amides is 3. The van der Waals surface area contributed by atoms with Crippen molar-refractivity contribution in [1.29, 1.82) is 0 Å². The van der Waals surface area contributed by atoms with Crippen molar-refractivity contribution in [3.8, 4) is 0 Å². The second-order valence-corrected chi connectivity index (χ2v) is 10.1. The lowest BCUT2D eigenvalue weighted by Crippen LogP contribution is -2.46. The summed E-state index contributed by atoms with van der Waals surface area (Å²) in [6.07, 6.45) is 4.38. The molecule has 4 aliphatic rings. The van der Waals surface area contributed by atoms with Crippen LogP contribution in [-0.2, 0) is 22.5 Å². The van der Waals surface area contributed by atoms with Crippen LogP contribution >= 0.6 is 0 Å². The summed E-state index contributed by atoms with van der Waals surface area (Å²) in [6, 6.07) is 13.9. The third-order valence-corrected chi connectivity index (χ3v) is 7.94. The Hall–Kier alpha value is -3.19. The van der Waals surface area contributed by atoms with Gasteiger partial charge in [-0.25, -0.2) is 0 Å². The zero-order chi connectivity index (χ0) is 23.9. The van der Waals surface area contributed by atoms with Crippen molar-refractivity contribution in [2.24, 2.45) is 5.92 Å². The van der Waals surface area contributed by atoms with E-state index >= 15 is 0 Å². The number of carbonyl (C=O) groups is 3. The van der Waals surface area contributed by atoms with Crippen molar-refractivity contribution in [3.05, 3.63) is 64.7 Å². The number of hydrogen-bond acceptors (Lipinski definition) is 5. The zero-order valence-electron chi connectivity index (χ0n) is 19.9. The van der Waals surface area contributed by atoms with Crippen molar-refractivity contribution >= 4 is 23.4 Å². The number of nitrogens with zero attached hydrogens (tertiary/aromatic N) is 3. The van der Waals surface area contributed by atoms with Gasteiger partial charge in [-0.15, -0.1) is 0 Å². The number of piperidine rings is 1. The average molecular weight is 474 g/mol. The van der Waals surface area contributed by atoms with Crippen LogP contribution in [-0.4, -0.2) is 66.4 Å². The molecule has 2 saturated heterocycles. The minimum atomic E-state index is -0.239. The zero-order valence-corrected chi connectivity index (χ0v) is 19.9. The summed E-state index contributed by atoms with van der Waals surface area (Å²) in [6.45, 7) is 3.75. The number of anilines is 1. The molecule has 0 spiro atoms. The standard InChI is InChI=1S/C28H31N3O4/c32-26(30-14-12-19-6-1-2-7-20(19)16-30)21-8-4-13-29(17-21)24-11-3-10-23-25(24)28(34)31(27(23)33)18-22-9-5-15-35-22/h1-3,6-7,10-11,21-22H,4-5,8-9,12-18H2/t21-,22-/m0/s1. The second-order valence-electron chi connectivity index (χ2n) is 10.1. The molecule has 2 aromatic carbocycles. The molecular formula is C28H31N3O4. The van der Waals surface area contributed by atoms with E-state index in [9.17, 15) is 14.4 Å². The molecule has 3 amide bonds. The van der Waals surface area contributed by atoms with Crippen molar-refractivity contribution in [2.75, 3.05) is 37.7 Å². The van der Waals surface area contributed by atoms with Crippen LogP contribution in [0.2, 0.25) is 0 Å². The molecule has 0 bridgehead atoms. The first kappa shape index (κ1) is 22.3. The quantitative estimate of drug-likeness (QED) is 0.638. The van der Waals surface area contributed by atoms with E-state index in [2.05, 4.69) is 23.1 Å². The lowest BCUT2D eigenvalue weighted by Gasteiger charge is -2.38. The van der Waals surface area contributed by atoms with Crippen LogP contribution < -0.4 is 4.90 Å². The fraction of sp³-hybridized carbons (Fsp3) is 0.464. The van der Waals surface area contributed by atoms with Gasteiger partial charge in [0.2, 0.25) is 5.91 Å². The number of carbonyl (C=O) groups excluding carboxylic acids is 3. The highest BCUT2D eigenvalue weighted by Crippen LogP contribution is 2.35.